The van der Waals surface area contributed by atoms with Crippen LogP contribution < -0.4 is 9.47 Å². The van der Waals surface area contributed by atoms with Crippen LogP contribution in [0.25, 0.3) is 11.1 Å². The highest BCUT2D eigenvalue weighted by Gasteiger charge is 2.34. The molecule has 0 saturated heterocycles. The molecule has 0 amide bonds. The van der Waals surface area contributed by atoms with Crippen molar-refractivity contribution in [2.24, 2.45) is 0 Å². The third-order valence-corrected chi connectivity index (χ3v) is 2.80. The molecule has 0 aliphatic carbocycles. The summed E-state index contributed by atoms with van der Waals surface area (Å²) in [5, 5.41) is 11.1. The predicted molar refractivity (Wildman–Crippen MR) is 71.9 cm³/mol. The molecule has 0 spiro atoms. The number of hydrogen-bond donors (Lipinski definition) is 0. The Labute approximate surface area is 135 Å². The Hall–Kier alpha value is -2.98. The Kier molecular flexibility index (Phi) is 4.77. The summed E-state index contributed by atoms with van der Waals surface area (Å²) in [6.07, 6.45) is -10.1. The third kappa shape index (κ3) is 4.99. The lowest BCUT2D eigenvalue weighted by atomic mass is 10.0. The Morgan fingerprint density at radius 1 is 0.840 bits per heavy atom. The first-order valence-electron chi connectivity index (χ1n) is 6.35. The topological polar surface area (TPSA) is 61.6 Å². The second-order valence-corrected chi connectivity index (χ2v) is 4.53. The van der Waals surface area contributed by atoms with Gasteiger partial charge in [-0.15, -0.1) is 26.3 Å². The van der Waals surface area contributed by atoms with Gasteiger partial charge in [0.25, 0.3) is 5.69 Å². The lowest BCUT2D eigenvalue weighted by Crippen LogP contribution is -2.18. The van der Waals surface area contributed by atoms with Crippen LogP contribution in [-0.2, 0) is 0 Å². The van der Waals surface area contributed by atoms with Crippen LogP contribution in [-0.4, -0.2) is 17.6 Å². The smallest absolute Gasteiger partial charge is 0.406 e. The molecule has 2 aromatic carbocycles. The molecular formula is C14H7F6NO4. The van der Waals surface area contributed by atoms with Gasteiger partial charge in [0, 0.05) is 5.56 Å². The summed E-state index contributed by atoms with van der Waals surface area (Å²) in [5.41, 5.74) is -1.55. The summed E-state index contributed by atoms with van der Waals surface area (Å²) in [7, 11) is 0. The zero-order valence-electron chi connectivity index (χ0n) is 11.9. The fraction of sp³-hybridized carbons (Fsp3) is 0.143. The van der Waals surface area contributed by atoms with Crippen molar-refractivity contribution in [1.29, 1.82) is 0 Å². The lowest BCUT2D eigenvalue weighted by Gasteiger charge is -2.14. The summed E-state index contributed by atoms with van der Waals surface area (Å²) in [4.78, 5) is 10.1. The van der Waals surface area contributed by atoms with Crippen LogP contribution in [0.15, 0.2) is 42.5 Å². The van der Waals surface area contributed by atoms with Gasteiger partial charge in [-0.05, 0) is 18.2 Å². The van der Waals surface area contributed by atoms with Crippen molar-refractivity contribution < 1.29 is 40.7 Å². The first kappa shape index (κ1) is 18.4. The van der Waals surface area contributed by atoms with Gasteiger partial charge in [-0.2, -0.15) is 0 Å². The number of hydrogen-bond acceptors (Lipinski definition) is 4. The molecule has 0 atom stereocenters. The number of nitrogens with zero attached hydrogens (tertiary/aromatic N) is 1. The molecule has 0 aromatic heterocycles. The summed E-state index contributed by atoms with van der Waals surface area (Å²) in [6, 6.07) is 6.59. The monoisotopic (exact) mass is 367 g/mol. The number of alkyl halides is 6. The summed E-state index contributed by atoms with van der Waals surface area (Å²) < 4.78 is 81.3. The van der Waals surface area contributed by atoms with E-state index < -0.39 is 34.8 Å². The maximum Gasteiger partial charge on any atom is 0.573 e. The van der Waals surface area contributed by atoms with E-state index >= 15 is 0 Å². The van der Waals surface area contributed by atoms with E-state index in [0.29, 0.717) is 6.07 Å². The molecule has 0 saturated carbocycles. The summed E-state index contributed by atoms with van der Waals surface area (Å²) >= 11 is 0. The Morgan fingerprint density at radius 3 is 2.00 bits per heavy atom. The molecule has 2 rings (SSSR count). The molecule has 11 heteroatoms. The van der Waals surface area contributed by atoms with Gasteiger partial charge in [0.05, 0.1) is 16.6 Å². The largest absolute Gasteiger partial charge is 0.573 e. The minimum absolute atomic E-state index is 0.315. The van der Waals surface area contributed by atoms with Crippen molar-refractivity contribution in [2.45, 2.75) is 12.7 Å². The van der Waals surface area contributed by atoms with E-state index in [4.69, 9.17) is 0 Å². The Balaban J connectivity index is 2.55. The van der Waals surface area contributed by atoms with E-state index in [9.17, 15) is 36.5 Å². The van der Waals surface area contributed by atoms with Crippen LogP contribution in [0.5, 0.6) is 11.5 Å². The fourth-order valence-electron chi connectivity index (χ4n) is 1.99. The average Bonchev–Trinajstić information content (AvgIpc) is 2.44. The maximum absolute atomic E-state index is 12.4. The lowest BCUT2D eigenvalue weighted by molar-refractivity contribution is -0.384. The predicted octanol–water partition coefficient (Wildman–Crippen LogP) is 5.06. The second-order valence-electron chi connectivity index (χ2n) is 4.53. The summed E-state index contributed by atoms with van der Waals surface area (Å²) in [6.45, 7) is 0. The van der Waals surface area contributed by atoms with Gasteiger partial charge in [-0.25, -0.2) is 0 Å². The van der Waals surface area contributed by atoms with E-state index in [1.165, 1.54) is 12.1 Å². The van der Waals surface area contributed by atoms with Crippen molar-refractivity contribution in [1.82, 2.24) is 0 Å². The van der Waals surface area contributed by atoms with Crippen molar-refractivity contribution in [3.8, 4) is 22.6 Å². The van der Waals surface area contributed by atoms with E-state index in [1.807, 2.05) is 0 Å². The number of para-hydroxylation sites is 1. The number of halogens is 6. The maximum atomic E-state index is 12.4. The molecular weight excluding hydrogens is 360 g/mol. The van der Waals surface area contributed by atoms with Crippen molar-refractivity contribution in [2.75, 3.05) is 0 Å². The highest BCUT2D eigenvalue weighted by molar-refractivity contribution is 5.79. The second kappa shape index (κ2) is 6.49. The number of nitro benzene ring substituents is 1. The van der Waals surface area contributed by atoms with E-state index in [-0.39, 0.29) is 11.1 Å². The Morgan fingerprint density at radius 2 is 1.44 bits per heavy atom. The van der Waals surface area contributed by atoms with Crippen LogP contribution in [0.2, 0.25) is 0 Å². The molecule has 134 valence electrons. The number of ether oxygens (including phenoxy) is 2. The molecule has 5 nitrogen and oxygen atoms in total. The highest BCUT2D eigenvalue weighted by Crippen LogP contribution is 2.40. The molecule has 0 N–H and O–H groups in total. The zero-order valence-corrected chi connectivity index (χ0v) is 11.9. The molecule has 0 radical (unpaired) electrons. The normalized spacial score (nSPS) is 11.9. The van der Waals surface area contributed by atoms with E-state index in [2.05, 4.69) is 9.47 Å². The molecule has 0 bridgehead atoms. The van der Waals surface area contributed by atoms with Gasteiger partial charge in [0.1, 0.15) is 11.5 Å². The Bertz CT molecular complexity index is 788. The molecule has 0 fully saturated rings. The van der Waals surface area contributed by atoms with Gasteiger partial charge in [-0.3, -0.25) is 10.1 Å². The van der Waals surface area contributed by atoms with Gasteiger partial charge < -0.3 is 9.47 Å². The molecule has 0 aliphatic rings. The standard InChI is InChI=1S/C14H7F6NO4/c15-13(16,17)24-8-5-6-9(11(7-8)21(22)23)10-3-1-2-4-12(10)25-14(18,19)20/h1-7H. The zero-order chi connectivity index (χ0) is 18.8. The van der Waals surface area contributed by atoms with Gasteiger partial charge in [0.2, 0.25) is 0 Å². The molecule has 2 aromatic rings. The van der Waals surface area contributed by atoms with Crippen molar-refractivity contribution in [3.05, 3.63) is 52.6 Å². The SMILES string of the molecule is O=[N+]([O-])c1cc(OC(F)(F)F)ccc1-c1ccccc1OC(F)(F)F. The van der Waals surface area contributed by atoms with Crippen molar-refractivity contribution in [3.63, 3.8) is 0 Å². The van der Waals surface area contributed by atoms with Gasteiger partial charge in [0.15, 0.2) is 0 Å². The fourth-order valence-corrected chi connectivity index (χ4v) is 1.99. The van der Waals surface area contributed by atoms with Gasteiger partial charge >= 0.3 is 12.7 Å². The quantitative estimate of drug-likeness (QED) is 0.431. The minimum Gasteiger partial charge on any atom is -0.406 e. The van der Waals surface area contributed by atoms with Crippen molar-refractivity contribution >= 4 is 5.69 Å². The van der Waals surface area contributed by atoms with E-state index in [0.717, 1.165) is 24.3 Å². The first-order valence-corrected chi connectivity index (χ1v) is 6.35. The highest BCUT2D eigenvalue weighted by atomic mass is 19.4. The van der Waals surface area contributed by atoms with Crippen LogP contribution >= 0.6 is 0 Å². The van der Waals surface area contributed by atoms with E-state index in [1.54, 1.807) is 0 Å². The third-order valence-electron chi connectivity index (χ3n) is 2.80. The summed E-state index contributed by atoms with van der Waals surface area (Å²) in [5.74, 6) is -1.61. The van der Waals surface area contributed by atoms with Crippen LogP contribution in [0, 0.1) is 10.1 Å². The minimum atomic E-state index is -5.08. The first-order chi connectivity index (χ1) is 11.5. The van der Waals surface area contributed by atoms with Gasteiger partial charge in [-0.1, -0.05) is 18.2 Å². The molecule has 0 aliphatic heterocycles. The molecule has 25 heavy (non-hydrogen) atoms. The molecule has 0 heterocycles. The van der Waals surface area contributed by atoms with Crippen LogP contribution in [0.4, 0.5) is 32.0 Å². The van der Waals surface area contributed by atoms with Crippen LogP contribution in [0.1, 0.15) is 0 Å². The number of nitro groups is 1. The number of rotatable bonds is 4. The average molecular weight is 367 g/mol. The number of benzene rings is 2. The molecule has 0 unspecified atom stereocenters. The van der Waals surface area contributed by atoms with Crippen LogP contribution in [0.3, 0.4) is 0 Å².